The quantitative estimate of drug-likeness (QED) is 0.821. The first kappa shape index (κ1) is 13.9. The summed E-state index contributed by atoms with van der Waals surface area (Å²) in [7, 11) is 0. The highest BCUT2D eigenvalue weighted by atomic mass is 16.2. The number of carbonyl (C=O) groups excluding carboxylic acids is 1. The third-order valence-electron chi connectivity index (χ3n) is 4.94. The summed E-state index contributed by atoms with van der Waals surface area (Å²) in [5.41, 5.74) is 6.22. The normalized spacial score (nSPS) is 37.6. The number of likely N-dealkylation sites (tertiary alicyclic amines) is 1. The van der Waals surface area contributed by atoms with E-state index >= 15 is 0 Å². The van der Waals surface area contributed by atoms with Crippen molar-refractivity contribution < 1.29 is 4.79 Å². The van der Waals surface area contributed by atoms with Crippen molar-refractivity contribution in [3.05, 3.63) is 0 Å². The Hall–Kier alpha value is -0.570. The van der Waals surface area contributed by atoms with Crippen LogP contribution in [-0.4, -0.2) is 29.4 Å². The summed E-state index contributed by atoms with van der Waals surface area (Å²) in [5, 5.41) is 0. The summed E-state index contributed by atoms with van der Waals surface area (Å²) in [6.07, 6.45) is 8.07. The van der Waals surface area contributed by atoms with Crippen LogP contribution >= 0.6 is 0 Å². The molecule has 1 aliphatic carbocycles. The molecule has 0 aromatic rings. The molecule has 0 aromatic carbocycles. The van der Waals surface area contributed by atoms with Crippen molar-refractivity contribution in [1.82, 2.24) is 4.90 Å². The fourth-order valence-corrected chi connectivity index (χ4v) is 3.79. The predicted octanol–water partition coefficient (Wildman–Crippen LogP) is 2.54. The Bertz CT molecular complexity index is 282. The maximum Gasteiger partial charge on any atom is 0.227 e. The lowest BCUT2D eigenvalue weighted by molar-refractivity contribution is -0.142. The van der Waals surface area contributed by atoms with Crippen molar-refractivity contribution in [2.45, 2.75) is 70.9 Å². The molecule has 104 valence electrons. The summed E-state index contributed by atoms with van der Waals surface area (Å²) in [6.45, 7) is 5.35. The monoisotopic (exact) mass is 252 g/mol. The number of hydrogen-bond acceptors (Lipinski definition) is 2. The van der Waals surface area contributed by atoms with E-state index in [-0.39, 0.29) is 12.0 Å². The minimum absolute atomic E-state index is 0.0749. The molecule has 2 aliphatic rings. The highest BCUT2D eigenvalue weighted by molar-refractivity contribution is 5.80. The molecule has 4 atom stereocenters. The molecule has 2 rings (SSSR count). The summed E-state index contributed by atoms with van der Waals surface area (Å²) in [4.78, 5) is 14.9. The SMILES string of the molecule is CCC1CCCCN1C(=O)C1C(C)CCCC1N. The molecule has 0 aromatic heterocycles. The minimum atomic E-state index is 0.0749. The molecule has 2 N–H and O–H groups in total. The molecule has 4 unspecified atom stereocenters. The van der Waals surface area contributed by atoms with Gasteiger partial charge in [0.05, 0.1) is 5.92 Å². The van der Waals surface area contributed by atoms with Crippen LogP contribution in [0.2, 0.25) is 0 Å². The Balaban J connectivity index is 2.08. The molecular weight excluding hydrogens is 224 g/mol. The van der Waals surface area contributed by atoms with Crippen LogP contribution < -0.4 is 5.73 Å². The number of nitrogens with zero attached hydrogens (tertiary/aromatic N) is 1. The number of carbonyl (C=O) groups is 1. The highest BCUT2D eigenvalue weighted by Gasteiger charge is 2.38. The molecule has 1 saturated carbocycles. The van der Waals surface area contributed by atoms with E-state index < -0.39 is 0 Å². The van der Waals surface area contributed by atoms with Crippen LogP contribution in [-0.2, 0) is 4.79 Å². The third kappa shape index (κ3) is 2.71. The van der Waals surface area contributed by atoms with Gasteiger partial charge in [-0.05, 0) is 44.4 Å². The molecule has 3 nitrogen and oxygen atoms in total. The van der Waals surface area contributed by atoms with Crippen molar-refractivity contribution in [3.63, 3.8) is 0 Å². The van der Waals surface area contributed by atoms with Gasteiger partial charge in [0.25, 0.3) is 0 Å². The van der Waals surface area contributed by atoms with Gasteiger partial charge < -0.3 is 10.6 Å². The molecule has 1 amide bonds. The lowest BCUT2D eigenvalue weighted by atomic mass is 9.76. The van der Waals surface area contributed by atoms with Crippen LogP contribution in [0, 0.1) is 11.8 Å². The Morgan fingerprint density at radius 1 is 1.22 bits per heavy atom. The topological polar surface area (TPSA) is 46.3 Å². The number of nitrogens with two attached hydrogens (primary N) is 1. The zero-order valence-electron chi connectivity index (χ0n) is 11.9. The number of rotatable bonds is 2. The molecule has 18 heavy (non-hydrogen) atoms. The first-order chi connectivity index (χ1) is 8.65. The van der Waals surface area contributed by atoms with Crippen LogP contribution in [0.1, 0.15) is 58.8 Å². The second-order valence-electron chi connectivity index (χ2n) is 6.19. The fourth-order valence-electron chi connectivity index (χ4n) is 3.79. The van der Waals surface area contributed by atoms with Gasteiger partial charge in [0, 0.05) is 18.6 Å². The highest BCUT2D eigenvalue weighted by Crippen LogP contribution is 2.32. The summed E-state index contributed by atoms with van der Waals surface area (Å²) in [5.74, 6) is 0.882. The van der Waals surface area contributed by atoms with Crippen molar-refractivity contribution in [2.24, 2.45) is 17.6 Å². The number of amides is 1. The Morgan fingerprint density at radius 3 is 2.67 bits per heavy atom. The van der Waals surface area contributed by atoms with E-state index in [0.717, 1.165) is 25.8 Å². The van der Waals surface area contributed by atoms with Crippen molar-refractivity contribution in [2.75, 3.05) is 6.54 Å². The first-order valence-electron chi connectivity index (χ1n) is 7.71. The molecule has 1 saturated heterocycles. The van der Waals surface area contributed by atoms with Crippen molar-refractivity contribution in [3.8, 4) is 0 Å². The fraction of sp³-hybridized carbons (Fsp3) is 0.933. The molecule has 2 fully saturated rings. The van der Waals surface area contributed by atoms with Gasteiger partial charge in [-0.2, -0.15) is 0 Å². The van der Waals surface area contributed by atoms with Gasteiger partial charge in [0.1, 0.15) is 0 Å². The van der Waals surface area contributed by atoms with Crippen LogP contribution in [0.3, 0.4) is 0 Å². The Morgan fingerprint density at radius 2 is 2.00 bits per heavy atom. The van der Waals surface area contributed by atoms with E-state index in [1.165, 1.54) is 25.7 Å². The van der Waals surface area contributed by atoms with Gasteiger partial charge in [-0.25, -0.2) is 0 Å². The van der Waals surface area contributed by atoms with Gasteiger partial charge in [0.2, 0.25) is 5.91 Å². The lowest BCUT2D eigenvalue weighted by Crippen LogP contribution is -2.53. The zero-order valence-corrected chi connectivity index (χ0v) is 11.9. The standard InChI is InChI=1S/C15H28N2O/c1-3-12-8-4-5-10-17(12)15(18)14-11(2)7-6-9-13(14)16/h11-14H,3-10,16H2,1-2H3. The maximum atomic E-state index is 12.8. The van der Waals surface area contributed by atoms with E-state index in [4.69, 9.17) is 5.73 Å². The van der Waals surface area contributed by atoms with Gasteiger partial charge >= 0.3 is 0 Å². The molecule has 1 aliphatic heterocycles. The number of piperidine rings is 1. The van der Waals surface area contributed by atoms with E-state index in [0.29, 0.717) is 17.9 Å². The Kier molecular flexibility index (Phi) is 4.66. The average molecular weight is 252 g/mol. The van der Waals surface area contributed by atoms with E-state index in [2.05, 4.69) is 18.7 Å². The van der Waals surface area contributed by atoms with E-state index in [1.807, 2.05) is 0 Å². The summed E-state index contributed by atoms with van der Waals surface area (Å²) < 4.78 is 0. The van der Waals surface area contributed by atoms with Crippen LogP contribution in [0.15, 0.2) is 0 Å². The first-order valence-corrected chi connectivity index (χ1v) is 7.71. The van der Waals surface area contributed by atoms with Crippen LogP contribution in [0.5, 0.6) is 0 Å². The van der Waals surface area contributed by atoms with Crippen molar-refractivity contribution in [1.29, 1.82) is 0 Å². The minimum Gasteiger partial charge on any atom is -0.339 e. The molecule has 3 heteroatoms. The van der Waals surface area contributed by atoms with Gasteiger partial charge in [-0.1, -0.05) is 20.3 Å². The van der Waals surface area contributed by atoms with Gasteiger partial charge in [-0.15, -0.1) is 0 Å². The maximum absolute atomic E-state index is 12.8. The number of hydrogen-bond donors (Lipinski definition) is 1. The second kappa shape index (κ2) is 6.05. The summed E-state index contributed by atoms with van der Waals surface area (Å²) in [6, 6.07) is 0.549. The van der Waals surface area contributed by atoms with Crippen LogP contribution in [0.25, 0.3) is 0 Å². The van der Waals surface area contributed by atoms with Crippen LogP contribution in [0.4, 0.5) is 0 Å². The average Bonchev–Trinajstić information content (AvgIpc) is 2.38. The molecule has 0 radical (unpaired) electrons. The van der Waals surface area contributed by atoms with E-state index in [9.17, 15) is 4.79 Å². The van der Waals surface area contributed by atoms with Gasteiger partial charge in [-0.3, -0.25) is 4.79 Å². The molecule has 0 spiro atoms. The lowest BCUT2D eigenvalue weighted by Gasteiger charge is -2.42. The van der Waals surface area contributed by atoms with Gasteiger partial charge in [0.15, 0.2) is 0 Å². The van der Waals surface area contributed by atoms with E-state index in [1.54, 1.807) is 0 Å². The molecular formula is C15H28N2O. The van der Waals surface area contributed by atoms with Crippen molar-refractivity contribution >= 4 is 5.91 Å². The Labute approximate surface area is 111 Å². The second-order valence-corrected chi connectivity index (χ2v) is 6.19. The largest absolute Gasteiger partial charge is 0.339 e. The molecule has 0 bridgehead atoms. The predicted molar refractivity (Wildman–Crippen MR) is 74.1 cm³/mol. The zero-order chi connectivity index (χ0) is 13.1. The third-order valence-corrected chi connectivity index (χ3v) is 4.94. The smallest absolute Gasteiger partial charge is 0.227 e. The summed E-state index contributed by atoms with van der Waals surface area (Å²) >= 11 is 0. The molecule has 1 heterocycles.